The van der Waals surface area contributed by atoms with Crippen LogP contribution in [0.2, 0.25) is 0 Å². The molecule has 2 nitrogen and oxygen atoms in total. The van der Waals surface area contributed by atoms with E-state index in [1.54, 1.807) is 13.8 Å². The lowest BCUT2D eigenvalue weighted by molar-refractivity contribution is -0.147. The molecular formula is C16H14Br2ClF3O2. The number of carbonyl (C=O) groups is 1. The molecule has 0 saturated heterocycles. The highest BCUT2D eigenvalue weighted by molar-refractivity contribution is 9.11. The van der Waals surface area contributed by atoms with Gasteiger partial charge in [0, 0.05) is 14.5 Å². The zero-order chi connectivity index (χ0) is 18.3. The summed E-state index contributed by atoms with van der Waals surface area (Å²) in [5, 5.41) is -1.20. The highest BCUT2D eigenvalue weighted by atomic mass is 79.9. The van der Waals surface area contributed by atoms with E-state index in [1.165, 1.54) is 0 Å². The van der Waals surface area contributed by atoms with Crippen LogP contribution >= 0.6 is 43.5 Å². The number of hydrogen-bond donors (Lipinski definition) is 0. The van der Waals surface area contributed by atoms with E-state index < -0.39 is 34.4 Å². The monoisotopic (exact) mass is 488 g/mol. The van der Waals surface area contributed by atoms with Gasteiger partial charge in [-0.05, 0) is 23.5 Å². The second-order valence-electron chi connectivity index (χ2n) is 6.15. The first-order valence-electron chi connectivity index (χ1n) is 7.00. The van der Waals surface area contributed by atoms with Gasteiger partial charge in [-0.3, -0.25) is 4.79 Å². The van der Waals surface area contributed by atoms with Crippen LogP contribution in [0.3, 0.4) is 0 Å². The van der Waals surface area contributed by atoms with Gasteiger partial charge in [0.05, 0.1) is 5.92 Å². The molecule has 1 aliphatic carbocycles. The van der Waals surface area contributed by atoms with Gasteiger partial charge in [0.2, 0.25) is 0 Å². The molecule has 1 aliphatic rings. The number of allylic oxidation sites excluding steroid dienone is 2. The van der Waals surface area contributed by atoms with Crippen molar-refractivity contribution in [3.63, 3.8) is 0 Å². The first kappa shape index (κ1) is 19.8. The Kier molecular flexibility index (Phi) is 5.77. The summed E-state index contributed by atoms with van der Waals surface area (Å²) in [5.74, 6) is -1.77. The molecule has 0 spiro atoms. The lowest BCUT2D eigenvalue weighted by Crippen LogP contribution is -2.11. The predicted molar refractivity (Wildman–Crippen MR) is 92.4 cm³/mol. The Bertz CT molecular complexity index is 666. The zero-order valence-corrected chi connectivity index (χ0v) is 16.7. The largest absolute Gasteiger partial charge is 0.460 e. The number of hydrogen-bond acceptors (Lipinski definition) is 2. The Morgan fingerprint density at radius 3 is 2.38 bits per heavy atom. The average Bonchev–Trinajstić information content (AvgIpc) is 2.98. The molecule has 0 aromatic heterocycles. The Morgan fingerprint density at radius 1 is 1.33 bits per heavy atom. The van der Waals surface area contributed by atoms with Crippen LogP contribution in [-0.4, -0.2) is 12.1 Å². The van der Waals surface area contributed by atoms with Gasteiger partial charge < -0.3 is 4.74 Å². The molecule has 0 radical (unpaired) electrons. The zero-order valence-electron chi connectivity index (χ0n) is 12.8. The molecule has 1 saturated carbocycles. The second kappa shape index (κ2) is 7.00. The van der Waals surface area contributed by atoms with Gasteiger partial charge in [-0.2, -0.15) is 13.2 Å². The van der Waals surface area contributed by atoms with Gasteiger partial charge in [0.15, 0.2) is 0 Å². The topological polar surface area (TPSA) is 26.3 Å². The van der Waals surface area contributed by atoms with Crippen molar-refractivity contribution < 1.29 is 22.7 Å². The van der Waals surface area contributed by atoms with Crippen LogP contribution < -0.4 is 0 Å². The van der Waals surface area contributed by atoms with Crippen molar-refractivity contribution in [2.45, 2.75) is 26.6 Å². The third kappa shape index (κ3) is 4.17. The third-order valence-electron chi connectivity index (χ3n) is 4.18. The van der Waals surface area contributed by atoms with Crippen LogP contribution in [0.4, 0.5) is 13.2 Å². The quantitative estimate of drug-likeness (QED) is 0.469. The van der Waals surface area contributed by atoms with Gasteiger partial charge in [-0.1, -0.05) is 69.5 Å². The molecule has 1 fully saturated rings. The molecule has 0 amide bonds. The van der Waals surface area contributed by atoms with Crippen LogP contribution in [0, 0.1) is 17.3 Å². The number of rotatable bonds is 4. The van der Waals surface area contributed by atoms with Crippen LogP contribution in [0.1, 0.15) is 19.4 Å². The molecule has 8 heteroatoms. The van der Waals surface area contributed by atoms with Crippen molar-refractivity contribution >= 4 is 49.4 Å². The van der Waals surface area contributed by atoms with Crippen molar-refractivity contribution in [2.75, 3.05) is 0 Å². The molecule has 0 unspecified atom stereocenters. The molecule has 1 aromatic carbocycles. The van der Waals surface area contributed by atoms with E-state index in [1.807, 2.05) is 18.2 Å². The Hall–Kier alpha value is -0.530. The molecule has 0 bridgehead atoms. The SMILES string of the molecule is CC1(C)[C@H](/C=C(\Cl)C(F)(F)F)[C@@H]1C(=O)OCc1c(Br)cccc1Br. The van der Waals surface area contributed by atoms with Crippen molar-refractivity contribution in [1.29, 1.82) is 0 Å². The molecule has 2 rings (SSSR count). The van der Waals surface area contributed by atoms with Gasteiger partial charge in [-0.15, -0.1) is 0 Å². The smallest absolute Gasteiger partial charge is 0.426 e. The predicted octanol–water partition coefficient (Wildman–Crippen LogP) is 6.21. The number of alkyl halides is 3. The molecule has 24 heavy (non-hydrogen) atoms. The van der Waals surface area contributed by atoms with Crippen LogP contribution in [0.5, 0.6) is 0 Å². The summed E-state index contributed by atoms with van der Waals surface area (Å²) in [6.07, 6.45) is -3.70. The molecule has 132 valence electrons. The maximum absolute atomic E-state index is 12.5. The molecule has 1 aromatic rings. The maximum atomic E-state index is 12.5. The van der Waals surface area contributed by atoms with E-state index in [2.05, 4.69) is 31.9 Å². The van der Waals surface area contributed by atoms with Crippen molar-refractivity contribution in [2.24, 2.45) is 17.3 Å². The highest BCUT2D eigenvalue weighted by Crippen LogP contribution is 2.60. The summed E-state index contributed by atoms with van der Waals surface area (Å²) in [5.41, 5.74) is 0.137. The maximum Gasteiger partial charge on any atom is 0.426 e. The summed E-state index contributed by atoms with van der Waals surface area (Å²) in [6, 6.07) is 5.44. The van der Waals surface area contributed by atoms with Gasteiger partial charge in [-0.25, -0.2) is 0 Å². The van der Waals surface area contributed by atoms with E-state index in [0.717, 1.165) is 20.6 Å². The van der Waals surface area contributed by atoms with Gasteiger partial charge in [0.25, 0.3) is 0 Å². The Labute approximate surface area is 159 Å². The summed E-state index contributed by atoms with van der Waals surface area (Å²) in [7, 11) is 0. The van der Waals surface area contributed by atoms with Crippen molar-refractivity contribution in [3.05, 3.63) is 43.8 Å². The van der Waals surface area contributed by atoms with Crippen molar-refractivity contribution in [3.8, 4) is 0 Å². The minimum absolute atomic E-state index is 0.0247. The molecular weight excluding hydrogens is 476 g/mol. The fourth-order valence-electron chi connectivity index (χ4n) is 2.59. The van der Waals surface area contributed by atoms with Gasteiger partial charge >= 0.3 is 12.1 Å². The van der Waals surface area contributed by atoms with Gasteiger partial charge in [0.1, 0.15) is 11.6 Å². The van der Waals surface area contributed by atoms with Crippen LogP contribution in [-0.2, 0) is 16.1 Å². The normalized spacial score (nSPS) is 23.1. The second-order valence-corrected chi connectivity index (χ2v) is 8.26. The molecule has 0 heterocycles. The van der Waals surface area contributed by atoms with Crippen molar-refractivity contribution in [1.82, 2.24) is 0 Å². The molecule has 0 N–H and O–H groups in total. The fraction of sp³-hybridized carbons (Fsp3) is 0.438. The number of halogens is 6. The third-order valence-corrected chi connectivity index (χ3v) is 6.01. The summed E-state index contributed by atoms with van der Waals surface area (Å²) in [4.78, 5) is 12.3. The summed E-state index contributed by atoms with van der Waals surface area (Å²) in [6.45, 7) is 3.46. The fourth-order valence-corrected chi connectivity index (χ4v) is 3.96. The standard InChI is InChI=1S/C16H14Br2ClF3O2/c1-15(2)9(6-12(19)16(20,21)22)13(15)14(23)24-7-8-10(17)4-3-5-11(8)18/h3-6,9,13H,7H2,1-2H3/b12-6-/t9-,13-/m1/s1. The average molecular weight is 491 g/mol. The number of carbonyl (C=O) groups excluding carboxylic acids is 1. The number of benzene rings is 1. The Balaban J connectivity index is 2.06. The lowest BCUT2D eigenvalue weighted by atomic mass is 10.1. The Morgan fingerprint density at radius 2 is 1.88 bits per heavy atom. The van der Waals surface area contributed by atoms with Crippen LogP contribution in [0.25, 0.3) is 0 Å². The van der Waals surface area contributed by atoms with E-state index in [4.69, 9.17) is 16.3 Å². The van der Waals surface area contributed by atoms with E-state index in [0.29, 0.717) is 0 Å². The molecule has 0 aliphatic heterocycles. The summed E-state index contributed by atoms with van der Waals surface area (Å²) >= 11 is 12.0. The van der Waals surface area contributed by atoms with E-state index >= 15 is 0 Å². The van der Waals surface area contributed by atoms with E-state index in [-0.39, 0.29) is 6.61 Å². The number of esters is 1. The van der Waals surface area contributed by atoms with E-state index in [9.17, 15) is 18.0 Å². The first-order valence-corrected chi connectivity index (χ1v) is 8.96. The summed E-state index contributed by atoms with van der Waals surface area (Å²) < 4.78 is 44.5. The molecule has 2 atom stereocenters. The minimum atomic E-state index is -4.60. The minimum Gasteiger partial charge on any atom is -0.460 e. The highest BCUT2D eigenvalue weighted by Gasteiger charge is 2.62. The lowest BCUT2D eigenvalue weighted by Gasteiger charge is -2.09. The number of ether oxygens (including phenoxy) is 1. The van der Waals surface area contributed by atoms with Crippen LogP contribution in [0.15, 0.2) is 38.3 Å². The first-order chi connectivity index (χ1) is 11.0.